The zero-order valence-electron chi connectivity index (χ0n) is 10.7. The number of hydrogen-bond donors (Lipinski definition) is 1. The Labute approximate surface area is 108 Å². The van der Waals surface area contributed by atoms with Gasteiger partial charge in [0.15, 0.2) is 0 Å². The fraction of sp³-hybridized carbons (Fsp3) is 0.769. The third-order valence-electron chi connectivity index (χ3n) is 3.23. The van der Waals surface area contributed by atoms with Gasteiger partial charge in [-0.25, -0.2) is 4.98 Å². The van der Waals surface area contributed by atoms with E-state index in [0.717, 1.165) is 24.6 Å². The molecule has 2 atom stereocenters. The molecule has 1 aromatic rings. The summed E-state index contributed by atoms with van der Waals surface area (Å²) in [7, 11) is 0. The quantitative estimate of drug-likeness (QED) is 0.877. The van der Waals surface area contributed by atoms with Crippen LogP contribution in [-0.2, 0) is 11.2 Å². The first-order chi connectivity index (χ1) is 8.29. The van der Waals surface area contributed by atoms with Crippen LogP contribution in [0.25, 0.3) is 0 Å². The summed E-state index contributed by atoms with van der Waals surface area (Å²) in [5.74, 6) is 0. The fourth-order valence-corrected chi connectivity index (χ4v) is 3.03. The largest absolute Gasteiger partial charge is 0.377 e. The monoisotopic (exact) mass is 254 g/mol. The summed E-state index contributed by atoms with van der Waals surface area (Å²) in [5.41, 5.74) is 1.20. The van der Waals surface area contributed by atoms with Crippen LogP contribution >= 0.6 is 11.3 Å². The number of aryl methyl sites for hydroxylation is 1. The van der Waals surface area contributed by atoms with Crippen LogP contribution in [-0.4, -0.2) is 30.3 Å². The van der Waals surface area contributed by atoms with Crippen molar-refractivity contribution in [3.05, 3.63) is 16.1 Å². The van der Waals surface area contributed by atoms with Crippen LogP contribution in [0.3, 0.4) is 0 Å². The van der Waals surface area contributed by atoms with E-state index in [9.17, 15) is 0 Å². The van der Waals surface area contributed by atoms with Crippen molar-refractivity contribution < 1.29 is 4.74 Å². The lowest BCUT2D eigenvalue weighted by atomic mass is 9.98. The standard InChI is InChI=1S/C13H22N2OS/c1-3-14-12(13-6-4-5-7-16-13)8-11-9-17-10(2)15-11/h9,12-14H,3-8H2,1-2H3. The van der Waals surface area contributed by atoms with Gasteiger partial charge in [-0.1, -0.05) is 6.92 Å². The summed E-state index contributed by atoms with van der Waals surface area (Å²) in [6, 6.07) is 0.418. The van der Waals surface area contributed by atoms with Gasteiger partial charge in [-0.05, 0) is 32.7 Å². The predicted molar refractivity (Wildman–Crippen MR) is 71.6 cm³/mol. The molecule has 0 amide bonds. The van der Waals surface area contributed by atoms with Crippen LogP contribution in [0, 0.1) is 6.92 Å². The number of nitrogens with one attached hydrogen (secondary N) is 1. The SMILES string of the molecule is CCNC(Cc1csc(C)n1)C1CCCCO1. The molecule has 2 rings (SSSR count). The third-order valence-corrected chi connectivity index (χ3v) is 4.05. The van der Waals surface area contributed by atoms with Crippen molar-refractivity contribution in [1.82, 2.24) is 10.3 Å². The fourth-order valence-electron chi connectivity index (χ4n) is 2.41. The van der Waals surface area contributed by atoms with Crippen molar-refractivity contribution in [3.63, 3.8) is 0 Å². The van der Waals surface area contributed by atoms with Gasteiger partial charge in [0.25, 0.3) is 0 Å². The smallest absolute Gasteiger partial charge is 0.0897 e. The highest BCUT2D eigenvalue weighted by molar-refractivity contribution is 7.09. The minimum Gasteiger partial charge on any atom is -0.377 e. The summed E-state index contributed by atoms with van der Waals surface area (Å²) in [5, 5.41) is 6.87. The zero-order chi connectivity index (χ0) is 12.1. The van der Waals surface area contributed by atoms with E-state index >= 15 is 0 Å². The lowest BCUT2D eigenvalue weighted by molar-refractivity contribution is -0.00725. The third kappa shape index (κ3) is 3.76. The second kappa shape index (κ2) is 6.47. The average molecular weight is 254 g/mol. The second-order valence-electron chi connectivity index (χ2n) is 4.63. The van der Waals surface area contributed by atoms with E-state index in [1.165, 1.54) is 25.0 Å². The Kier molecular flexibility index (Phi) is 4.95. The van der Waals surface area contributed by atoms with Gasteiger partial charge < -0.3 is 10.1 Å². The number of hydrogen-bond acceptors (Lipinski definition) is 4. The molecule has 1 N–H and O–H groups in total. The van der Waals surface area contributed by atoms with Gasteiger partial charge >= 0.3 is 0 Å². The van der Waals surface area contributed by atoms with E-state index in [4.69, 9.17) is 4.74 Å². The van der Waals surface area contributed by atoms with Crippen LogP contribution in [0.4, 0.5) is 0 Å². The van der Waals surface area contributed by atoms with Gasteiger partial charge in [-0.3, -0.25) is 0 Å². The molecule has 96 valence electrons. The number of ether oxygens (including phenoxy) is 1. The van der Waals surface area contributed by atoms with Crippen LogP contribution in [0.15, 0.2) is 5.38 Å². The lowest BCUT2D eigenvalue weighted by Gasteiger charge is -2.30. The first-order valence-electron chi connectivity index (χ1n) is 6.55. The van der Waals surface area contributed by atoms with Gasteiger partial charge in [0.2, 0.25) is 0 Å². The van der Waals surface area contributed by atoms with Crippen LogP contribution in [0.1, 0.15) is 36.9 Å². The Morgan fingerprint density at radius 2 is 2.47 bits per heavy atom. The molecule has 0 spiro atoms. The molecule has 0 bridgehead atoms. The molecule has 2 heterocycles. The van der Waals surface area contributed by atoms with E-state index in [0.29, 0.717) is 12.1 Å². The Bertz CT molecular complexity index is 334. The van der Waals surface area contributed by atoms with E-state index < -0.39 is 0 Å². The zero-order valence-corrected chi connectivity index (χ0v) is 11.6. The van der Waals surface area contributed by atoms with E-state index in [1.54, 1.807) is 11.3 Å². The van der Waals surface area contributed by atoms with Crippen molar-refractivity contribution in [3.8, 4) is 0 Å². The number of likely N-dealkylation sites (N-methyl/N-ethyl adjacent to an activating group) is 1. The number of rotatable bonds is 5. The van der Waals surface area contributed by atoms with Gasteiger partial charge in [-0.15, -0.1) is 11.3 Å². The minimum atomic E-state index is 0.366. The maximum absolute atomic E-state index is 5.88. The molecule has 1 fully saturated rings. The van der Waals surface area contributed by atoms with Crippen LogP contribution < -0.4 is 5.32 Å². The predicted octanol–water partition coefficient (Wildman–Crippen LogP) is 2.54. The maximum atomic E-state index is 5.88. The normalized spacial score (nSPS) is 22.6. The van der Waals surface area contributed by atoms with Gasteiger partial charge in [0.05, 0.1) is 16.8 Å². The second-order valence-corrected chi connectivity index (χ2v) is 5.69. The number of thiazole rings is 1. The lowest BCUT2D eigenvalue weighted by Crippen LogP contribution is -2.44. The highest BCUT2D eigenvalue weighted by Gasteiger charge is 2.24. The highest BCUT2D eigenvalue weighted by Crippen LogP contribution is 2.19. The molecule has 17 heavy (non-hydrogen) atoms. The summed E-state index contributed by atoms with van der Waals surface area (Å²) >= 11 is 1.73. The Morgan fingerprint density at radius 3 is 3.06 bits per heavy atom. The molecule has 2 unspecified atom stereocenters. The van der Waals surface area contributed by atoms with Crippen molar-refractivity contribution >= 4 is 11.3 Å². The van der Waals surface area contributed by atoms with Crippen molar-refractivity contribution in [1.29, 1.82) is 0 Å². The highest BCUT2D eigenvalue weighted by atomic mass is 32.1. The first-order valence-corrected chi connectivity index (χ1v) is 7.43. The average Bonchev–Trinajstić information content (AvgIpc) is 2.75. The summed E-state index contributed by atoms with van der Waals surface area (Å²) < 4.78 is 5.88. The topological polar surface area (TPSA) is 34.2 Å². The van der Waals surface area contributed by atoms with Crippen molar-refractivity contribution in [2.45, 2.75) is 51.7 Å². The van der Waals surface area contributed by atoms with Gasteiger partial charge in [0, 0.05) is 24.4 Å². The molecule has 3 nitrogen and oxygen atoms in total. The molecule has 1 aliphatic heterocycles. The van der Waals surface area contributed by atoms with Crippen LogP contribution in [0.5, 0.6) is 0 Å². The summed E-state index contributed by atoms with van der Waals surface area (Å²) in [6.45, 7) is 6.13. The Morgan fingerprint density at radius 1 is 1.59 bits per heavy atom. The molecule has 0 saturated carbocycles. The molecular weight excluding hydrogens is 232 g/mol. The first kappa shape index (κ1) is 13.0. The molecule has 0 aliphatic carbocycles. The molecule has 0 radical (unpaired) electrons. The van der Waals surface area contributed by atoms with E-state index in [2.05, 4.69) is 29.5 Å². The van der Waals surface area contributed by atoms with Crippen LogP contribution in [0.2, 0.25) is 0 Å². The Hall–Kier alpha value is -0.450. The Balaban J connectivity index is 1.95. The summed E-state index contributed by atoms with van der Waals surface area (Å²) in [4.78, 5) is 4.55. The molecule has 1 aromatic heterocycles. The van der Waals surface area contributed by atoms with E-state index in [-0.39, 0.29) is 0 Å². The maximum Gasteiger partial charge on any atom is 0.0897 e. The molecule has 4 heteroatoms. The minimum absolute atomic E-state index is 0.366. The molecule has 1 saturated heterocycles. The molecular formula is C13H22N2OS. The van der Waals surface area contributed by atoms with Crippen molar-refractivity contribution in [2.24, 2.45) is 0 Å². The molecule has 1 aliphatic rings. The van der Waals surface area contributed by atoms with Crippen molar-refractivity contribution in [2.75, 3.05) is 13.2 Å². The van der Waals surface area contributed by atoms with E-state index in [1.807, 2.05) is 0 Å². The van der Waals surface area contributed by atoms with Gasteiger partial charge in [0.1, 0.15) is 0 Å². The number of aromatic nitrogens is 1. The molecule has 0 aromatic carbocycles. The van der Waals surface area contributed by atoms with Gasteiger partial charge in [-0.2, -0.15) is 0 Å². The summed E-state index contributed by atoms with van der Waals surface area (Å²) in [6.07, 6.45) is 5.04. The number of nitrogens with zero attached hydrogens (tertiary/aromatic N) is 1.